The van der Waals surface area contributed by atoms with Crippen molar-refractivity contribution in [2.75, 3.05) is 13.2 Å². The fourth-order valence-electron chi connectivity index (χ4n) is 4.56. The van der Waals surface area contributed by atoms with Crippen LogP contribution in [0.1, 0.15) is 11.1 Å². The van der Waals surface area contributed by atoms with Crippen LogP contribution in [0.25, 0.3) is 0 Å². The van der Waals surface area contributed by atoms with Crippen LogP contribution < -0.4 is 0 Å². The van der Waals surface area contributed by atoms with Crippen molar-refractivity contribution in [2.45, 2.75) is 30.5 Å². The summed E-state index contributed by atoms with van der Waals surface area (Å²) >= 11 is 0. The number of Topliss-reactive ketones (excluding diaryl/α,β-unsaturated/α-hetero) is 1. The summed E-state index contributed by atoms with van der Waals surface area (Å²) in [7, 11) is 0. The second-order valence-corrected chi connectivity index (χ2v) is 8.25. The molecule has 4 bridgehead atoms. The van der Waals surface area contributed by atoms with Crippen LogP contribution in [0.2, 0.25) is 0 Å². The minimum Gasteiger partial charge on any atom is -0.481 e. The van der Waals surface area contributed by atoms with E-state index in [2.05, 4.69) is 0 Å². The van der Waals surface area contributed by atoms with E-state index in [-0.39, 0.29) is 38.0 Å². The van der Waals surface area contributed by atoms with Crippen molar-refractivity contribution in [3.63, 3.8) is 0 Å². The fraction of sp³-hybridized carbons (Fsp3) is 0.308. The number of benzene rings is 2. The van der Waals surface area contributed by atoms with Gasteiger partial charge >= 0.3 is 0 Å². The van der Waals surface area contributed by atoms with Gasteiger partial charge in [0.15, 0.2) is 11.6 Å². The highest BCUT2D eigenvalue weighted by molar-refractivity contribution is 6.08. The molecule has 6 nitrogen and oxygen atoms in total. The molecule has 0 spiro atoms. The normalized spacial score (nSPS) is 30.2. The first-order valence-electron chi connectivity index (χ1n) is 10.7. The van der Waals surface area contributed by atoms with Crippen molar-refractivity contribution >= 4 is 11.6 Å². The summed E-state index contributed by atoms with van der Waals surface area (Å²) in [5.41, 5.74) is -1.32. The number of hydrogen-bond donors (Lipinski definition) is 0. The third kappa shape index (κ3) is 3.41. The molecule has 3 heterocycles. The molecule has 6 heteroatoms. The molecule has 0 N–H and O–H groups in total. The molecular weight excluding hydrogens is 408 g/mol. The van der Waals surface area contributed by atoms with Gasteiger partial charge in [0.05, 0.1) is 44.7 Å². The zero-order chi connectivity index (χ0) is 22.0. The Bertz CT molecular complexity index is 1000. The van der Waals surface area contributed by atoms with Crippen LogP contribution in [0, 0.1) is 5.92 Å². The molecule has 3 aliphatic heterocycles. The molecule has 1 saturated heterocycles. The van der Waals surface area contributed by atoms with E-state index in [9.17, 15) is 9.59 Å². The Balaban J connectivity index is 1.43. The number of ether oxygens (including phenoxy) is 4. The minimum absolute atomic E-state index is 0.122. The predicted molar refractivity (Wildman–Crippen MR) is 115 cm³/mol. The van der Waals surface area contributed by atoms with E-state index in [1.54, 1.807) is 12.2 Å². The largest absolute Gasteiger partial charge is 0.481 e. The van der Waals surface area contributed by atoms with Crippen LogP contribution in [0.5, 0.6) is 0 Å². The summed E-state index contributed by atoms with van der Waals surface area (Å²) in [5, 5.41) is 0. The van der Waals surface area contributed by atoms with Crippen LogP contribution in [-0.2, 0) is 41.8 Å². The van der Waals surface area contributed by atoms with Gasteiger partial charge in [0, 0.05) is 0 Å². The van der Waals surface area contributed by atoms with Gasteiger partial charge in [0.2, 0.25) is 11.2 Å². The average molecular weight is 432 g/mol. The van der Waals surface area contributed by atoms with Gasteiger partial charge in [0.25, 0.3) is 0 Å². The number of carbonyl (C=O) groups excluding carboxylic acids is 2. The summed E-state index contributed by atoms with van der Waals surface area (Å²) < 4.78 is 24.1. The number of rotatable bonds is 8. The molecule has 5 rings (SSSR count). The lowest BCUT2D eigenvalue weighted by atomic mass is 9.66. The molecule has 164 valence electrons. The van der Waals surface area contributed by atoms with E-state index < -0.39 is 23.2 Å². The Morgan fingerprint density at radius 2 is 1.38 bits per heavy atom. The topological polar surface area (TPSA) is 71.1 Å². The zero-order valence-electron chi connectivity index (χ0n) is 17.5. The van der Waals surface area contributed by atoms with Crippen LogP contribution in [-0.4, -0.2) is 42.1 Å². The van der Waals surface area contributed by atoms with E-state index in [0.29, 0.717) is 0 Å². The molecular formula is C26H24O6. The third-order valence-corrected chi connectivity index (χ3v) is 6.27. The molecule has 32 heavy (non-hydrogen) atoms. The summed E-state index contributed by atoms with van der Waals surface area (Å²) in [5.74, 6) is -1.10. The maximum Gasteiger partial charge on any atom is 0.228 e. The highest BCUT2D eigenvalue weighted by Gasteiger charge is 2.71. The van der Waals surface area contributed by atoms with Gasteiger partial charge < -0.3 is 18.9 Å². The number of carbonyl (C=O) groups is 2. The Morgan fingerprint density at radius 3 is 2.00 bits per heavy atom. The number of ketones is 2. The smallest absolute Gasteiger partial charge is 0.228 e. The molecule has 1 fully saturated rings. The predicted octanol–water partition coefficient (Wildman–Crippen LogP) is 3.16. The van der Waals surface area contributed by atoms with E-state index in [0.717, 1.165) is 11.1 Å². The molecule has 0 saturated carbocycles. The van der Waals surface area contributed by atoms with E-state index in [1.807, 2.05) is 60.7 Å². The Labute approximate surface area is 186 Å². The summed E-state index contributed by atoms with van der Waals surface area (Å²) in [4.78, 5) is 26.8. The van der Waals surface area contributed by atoms with Gasteiger partial charge in [-0.05, 0) is 23.3 Å². The maximum absolute atomic E-state index is 13.6. The van der Waals surface area contributed by atoms with Crippen molar-refractivity contribution in [3.05, 3.63) is 96.3 Å². The SMILES string of the molecule is O=C1[C@@H]2C=CO[C@]1(COCc1ccccc1)[C@]1(COCc3ccccc3)O[C@H]2C=CC1=O. The molecule has 2 aromatic carbocycles. The van der Waals surface area contributed by atoms with Gasteiger partial charge in [-0.1, -0.05) is 66.7 Å². The second kappa shape index (κ2) is 8.47. The van der Waals surface area contributed by atoms with Gasteiger partial charge in [-0.2, -0.15) is 0 Å². The van der Waals surface area contributed by atoms with Crippen LogP contribution in [0.15, 0.2) is 85.2 Å². The number of fused-ring (bicyclic) bond motifs is 6. The average Bonchev–Trinajstić information content (AvgIpc) is 2.82. The molecule has 0 aromatic heterocycles. The third-order valence-electron chi connectivity index (χ3n) is 6.27. The molecule has 0 radical (unpaired) electrons. The van der Waals surface area contributed by atoms with E-state index in [4.69, 9.17) is 18.9 Å². The van der Waals surface area contributed by atoms with Gasteiger partial charge in [-0.3, -0.25) is 9.59 Å². The molecule has 0 aliphatic carbocycles. The van der Waals surface area contributed by atoms with Crippen molar-refractivity contribution in [1.82, 2.24) is 0 Å². The second-order valence-electron chi connectivity index (χ2n) is 8.25. The van der Waals surface area contributed by atoms with Gasteiger partial charge in [-0.25, -0.2) is 0 Å². The van der Waals surface area contributed by atoms with Crippen molar-refractivity contribution < 1.29 is 28.5 Å². The highest BCUT2D eigenvalue weighted by atomic mass is 16.6. The van der Waals surface area contributed by atoms with Gasteiger partial charge in [0.1, 0.15) is 0 Å². The van der Waals surface area contributed by atoms with Crippen LogP contribution in [0.4, 0.5) is 0 Å². The Hall–Kier alpha value is -3.06. The first kappa shape index (κ1) is 20.8. The molecule has 2 aromatic rings. The summed E-state index contributed by atoms with van der Waals surface area (Å²) in [6.07, 6.45) is 5.75. The van der Waals surface area contributed by atoms with Gasteiger partial charge in [-0.15, -0.1) is 0 Å². The molecule has 4 atom stereocenters. The zero-order valence-corrected chi connectivity index (χ0v) is 17.5. The minimum atomic E-state index is -1.61. The quantitative estimate of drug-likeness (QED) is 0.638. The maximum atomic E-state index is 13.6. The number of hydrogen-bond acceptors (Lipinski definition) is 6. The van der Waals surface area contributed by atoms with E-state index >= 15 is 0 Å². The summed E-state index contributed by atoms with van der Waals surface area (Å²) in [6.45, 7) is 0.315. The highest BCUT2D eigenvalue weighted by Crippen LogP contribution is 2.47. The Kier molecular flexibility index (Phi) is 5.51. The lowest BCUT2D eigenvalue weighted by Crippen LogP contribution is -2.77. The molecule has 3 aliphatic rings. The van der Waals surface area contributed by atoms with Crippen molar-refractivity contribution in [3.8, 4) is 0 Å². The fourth-order valence-corrected chi connectivity index (χ4v) is 4.56. The molecule has 0 unspecified atom stereocenters. The van der Waals surface area contributed by atoms with Crippen LogP contribution >= 0.6 is 0 Å². The lowest BCUT2D eigenvalue weighted by Gasteiger charge is -2.55. The monoisotopic (exact) mass is 432 g/mol. The first-order chi connectivity index (χ1) is 15.6. The van der Waals surface area contributed by atoms with E-state index in [1.165, 1.54) is 12.3 Å². The van der Waals surface area contributed by atoms with Crippen molar-refractivity contribution in [2.24, 2.45) is 5.92 Å². The molecule has 0 amide bonds. The van der Waals surface area contributed by atoms with Crippen molar-refractivity contribution in [1.29, 1.82) is 0 Å². The first-order valence-corrected chi connectivity index (χ1v) is 10.7. The summed E-state index contributed by atoms with van der Waals surface area (Å²) in [6, 6.07) is 19.3. The Morgan fingerprint density at radius 1 is 0.781 bits per heavy atom. The lowest BCUT2D eigenvalue weighted by molar-refractivity contribution is -0.257. The van der Waals surface area contributed by atoms with Crippen LogP contribution in [0.3, 0.4) is 0 Å². The standard InChI is InChI=1S/C26H24O6/c27-23-12-11-22-21-13-14-31-26(24(21)28,18-30-16-20-9-5-2-6-10-20)25(23,32-22)17-29-15-19-7-3-1-4-8-19/h1-14,21-22H,15-18H2/t21-,22+,25-,26+/m1/s1.